The van der Waals surface area contributed by atoms with E-state index in [1.54, 1.807) is 20.5 Å². The molecule has 0 radical (unpaired) electrons. The summed E-state index contributed by atoms with van der Waals surface area (Å²) >= 11 is 0. The van der Waals surface area contributed by atoms with E-state index < -0.39 is 0 Å². The SMILES string of the molecule is COc1ccc(C(NN)c2occc2C)c(OC)c1. The third-order valence-electron chi connectivity index (χ3n) is 3.08. The lowest BCUT2D eigenvalue weighted by Crippen LogP contribution is -2.29. The maximum absolute atomic E-state index is 5.66. The molecule has 1 heterocycles. The molecule has 102 valence electrons. The van der Waals surface area contributed by atoms with Crippen molar-refractivity contribution >= 4 is 0 Å². The van der Waals surface area contributed by atoms with Gasteiger partial charge in [0.2, 0.25) is 0 Å². The molecule has 2 aromatic rings. The number of furan rings is 1. The Hall–Kier alpha value is -1.98. The highest BCUT2D eigenvalue weighted by molar-refractivity contribution is 5.45. The maximum Gasteiger partial charge on any atom is 0.129 e. The summed E-state index contributed by atoms with van der Waals surface area (Å²) in [6.07, 6.45) is 1.64. The third-order valence-corrected chi connectivity index (χ3v) is 3.08. The largest absolute Gasteiger partial charge is 0.497 e. The number of methoxy groups -OCH3 is 2. The van der Waals surface area contributed by atoms with E-state index in [1.165, 1.54) is 0 Å². The van der Waals surface area contributed by atoms with Gasteiger partial charge in [0.1, 0.15) is 23.3 Å². The molecule has 5 heteroatoms. The second-order valence-corrected chi connectivity index (χ2v) is 4.18. The van der Waals surface area contributed by atoms with Crippen LogP contribution in [0.25, 0.3) is 0 Å². The summed E-state index contributed by atoms with van der Waals surface area (Å²) < 4.78 is 16.1. The second-order valence-electron chi connectivity index (χ2n) is 4.18. The molecule has 1 unspecified atom stereocenters. The van der Waals surface area contributed by atoms with E-state index in [0.717, 1.165) is 22.6 Å². The average Bonchev–Trinajstić information content (AvgIpc) is 2.86. The highest BCUT2D eigenvalue weighted by Gasteiger charge is 2.21. The van der Waals surface area contributed by atoms with E-state index in [4.69, 9.17) is 19.7 Å². The van der Waals surface area contributed by atoms with Crippen LogP contribution in [0.15, 0.2) is 34.9 Å². The average molecular weight is 262 g/mol. The Morgan fingerprint density at radius 3 is 2.53 bits per heavy atom. The molecule has 0 bridgehead atoms. The molecule has 3 N–H and O–H groups in total. The number of nitrogens with two attached hydrogens (primary N) is 1. The van der Waals surface area contributed by atoms with Crippen LogP contribution in [-0.4, -0.2) is 14.2 Å². The van der Waals surface area contributed by atoms with E-state index >= 15 is 0 Å². The van der Waals surface area contributed by atoms with Gasteiger partial charge in [0.25, 0.3) is 0 Å². The number of benzene rings is 1. The van der Waals surface area contributed by atoms with E-state index in [9.17, 15) is 0 Å². The topological polar surface area (TPSA) is 69.7 Å². The minimum atomic E-state index is -0.268. The van der Waals surface area contributed by atoms with Gasteiger partial charge in [0, 0.05) is 11.6 Å². The van der Waals surface area contributed by atoms with Crippen LogP contribution in [-0.2, 0) is 0 Å². The summed E-state index contributed by atoms with van der Waals surface area (Å²) in [4.78, 5) is 0. The Bertz CT molecular complexity index is 551. The van der Waals surface area contributed by atoms with E-state index in [0.29, 0.717) is 5.75 Å². The van der Waals surface area contributed by atoms with Crippen LogP contribution in [0.4, 0.5) is 0 Å². The van der Waals surface area contributed by atoms with Crippen LogP contribution in [0, 0.1) is 6.92 Å². The fourth-order valence-corrected chi connectivity index (χ4v) is 2.04. The molecular weight excluding hydrogens is 244 g/mol. The standard InChI is InChI=1S/C14H18N2O3/c1-9-6-7-19-14(9)13(16-15)11-5-4-10(17-2)8-12(11)18-3/h4-8,13,16H,15H2,1-3H3. The smallest absolute Gasteiger partial charge is 0.129 e. The fourth-order valence-electron chi connectivity index (χ4n) is 2.04. The highest BCUT2D eigenvalue weighted by Crippen LogP contribution is 2.33. The molecule has 0 amide bonds. The van der Waals surface area contributed by atoms with Gasteiger partial charge in [0.15, 0.2) is 0 Å². The Balaban J connectivity index is 2.46. The minimum absolute atomic E-state index is 0.268. The second kappa shape index (κ2) is 5.77. The number of nitrogens with one attached hydrogen (secondary N) is 1. The molecule has 0 spiro atoms. The molecule has 19 heavy (non-hydrogen) atoms. The first kappa shape index (κ1) is 13.5. The summed E-state index contributed by atoms with van der Waals surface area (Å²) in [7, 11) is 3.23. The number of rotatable bonds is 5. The number of hydrazine groups is 1. The number of ether oxygens (including phenoxy) is 2. The Morgan fingerprint density at radius 1 is 1.21 bits per heavy atom. The lowest BCUT2D eigenvalue weighted by atomic mass is 10.0. The van der Waals surface area contributed by atoms with Crippen molar-refractivity contribution in [3.05, 3.63) is 47.4 Å². The summed E-state index contributed by atoms with van der Waals surface area (Å²) in [5.41, 5.74) is 4.68. The monoisotopic (exact) mass is 262 g/mol. The molecule has 1 aromatic carbocycles. The van der Waals surface area contributed by atoms with Crippen LogP contribution in [0.5, 0.6) is 11.5 Å². The van der Waals surface area contributed by atoms with Crippen LogP contribution in [0.3, 0.4) is 0 Å². The molecule has 2 rings (SSSR count). The summed E-state index contributed by atoms with van der Waals surface area (Å²) in [6.45, 7) is 1.97. The summed E-state index contributed by atoms with van der Waals surface area (Å²) in [5.74, 6) is 7.85. The molecule has 0 saturated carbocycles. The maximum atomic E-state index is 5.66. The van der Waals surface area contributed by atoms with Crippen molar-refractivity contribution in [1.82, 2.24) is 5.43 Å². The Kier molecular flexibility index (Phi) is 4.09. The predicted octanol–water partition coefficient (Wildman–Crippen LogP) is 2.16. The minimum Gasteiger partial charge on any atom is -0.497 e. The molecule has 5 nitrogen and oxygen atoms in total. The van der Waals surface area contributed by atoms with Crippen molar-refractivity contribution in [2.24, 2.45) is 5.84 Å². The molecule has 0 aliphatic rings. The predicted molar refractivity (Wildman–Crippen MR) is 72.2 cm³/mol. The zero-order chi connectivity index (χ0) is 13.8. The van der Waals surface area contributed by atoms with Crippen molar-refractivity contribution in [2.75, 3.05) is 14.2 Å². The first-order chi connectivity index (χ1) is 9.21. The van der Waals surface area contributed by atoms with E-state index in [2.05, 4.69) is 5.43 Å². The van der Waals surface area contributed by atoms with Gasteiger partial charge in [-0.2, -0.15) is 0 Å². The van der Waals surface area contributed by atoms with Gasteiger partial charge < -0.3 is 13.9 Å². The molecule has 0 saturated heterocycles. The van der Waals surface area contributed by atoms with Crippen LogP contribution < -0.4 is 20.7 Å². The van der Waals surface area contributed by atoms with Crippen molar-refractivity contribution in [2.45, 2.75) is 13.0 Å². The van der Waals surface area contributed by atoms with Gasteiger partial charge in [-0.25, -0.2) is 5.43 Å². The van der Waals surface area contributed by atoms with Crippen molar-refractivity contribution in [1.29, 1.82) is 0 Å². The first-order valence-electron chi connectivity index (χ1n) is 5.93. The van der Waals surface area contributed by atoms with Gasteiger partial charge in [-0.3, -0.25) is 5.84 Å². The molecule has 0 aliphatic carbocycles. The lowest BCUT2D eigenvalue weighted by molar-refractivity contribution is 0.381. The normalized spacial score (nSPS) is 12.2. The molecule has 1 atom stereocenters. The molecule has 1 aromatic heterocycles. The summed E-state index contributed by atoms with van der Waals surface area (Å²) in [5, 5.41) is 0. The van der Waals surface area contributed by atoms with Crippen molar-refractivity contribution in [3.8, 4) is 11.5 Å². The van der Waals surface area contributed by atoms with Crippen LogP contribution in [0.1, 0.15) is 22.9 Å². The lowest BCUT2D eigenvalue weighted by Gasteiger charge is -2.18. The van der Waals surface area contributed by atoms with E-state index in [-0.39, 0.29) is 6.04 Å². The van der Waals surface area contributed by atoms with Crippen molar-refractivity contribution in [3.63, 3.8) is 0 Å². The number of hydrogen-bond donors (Lipinski definition) is 2. The fraction of sp³-hybridized carbons (Fsp3) is 0.286. The quantitative estimate of drug-likeness (QED) is 0.638. The highest BCUT2D eigenvalue weighted by atomic mass is 16.5. The Morgan fingerprint density at radius 2 is 2.00 bits per heavy atom. The van der Waals surface area contributed by atoms with Gasteiger partial charge in [0.05, 0.1) is 20.5 Å². The third kappa shape index (κ3) is 2.57. The zero-order valence-electron chi connectivity index (χ0n) is 11.3. The first-order valence-corrected chi connectivity index (χ1v) is 5.93. The number of aryl methyl sites for hydroxylation is 1. The van der Waals surface area contributed by atoms with Gasteiger partial charge in [-0.05, 0) is 30.7 Å². The number of hydrogen-bond acceptors (Lipinski definition) is 5. The Labute approximate surface area is 112 Å². The zero-order valence-corrected chi connectivity index (χ0v) is 11.3. The molecular formula is C14H18N2O3. The van der Waals surface area contributed by atoms with Gasteiger partial charge in [-0.15, -0.1) is 0 Å². The van der Waals surface area contributed by atoms with Gasteiger partial charge >= 0.3 is 0 Å². The molecule has 0 aliphatic heterocycles. The molecule has 0 fully saturated rings. The summed E-state index contributed by atoms with van der Waals surface area (Å²) in [6, 6.07) is 7.22. The van der Waals surface area contributed by atoms with E-state index in [1.807, 2.05) is 31.2 Å². The van der Waals surface area contributed by atoms with Crippen LogP contribution in [0.2, 0.25) is 0 Å². The van der Waals surface area contributed by atoms with Crippen molar-refractivity contribution < 1.29 is 13.9 Å². The van der Waals surface area contributed by atoms with Gasteiger partial charge in [-0.1, -0.05) is 0 Å². The van der Waals surface area contributed by atoms with Crippen LogP contribution >= 0.6 is 0 Å².